The van der Waals surface area contributed by atoms with Gasteiger partial charge in [-0.2, -0.15) is 13.2 Å². The first-order valence-corrected chi connectivity index (χ1v) is 12.2. The summed E-state index contributed by atoms with van der Waals surface area (Å²) in [6.07, 6.45) is -0.00227. The standard InChI is InChI=1S/C23H23ClF3N5O2S/c1-3-34-17-7-6-14(9-15(17)23(25,26)27)20-18(12-32-8-4-5-13(32)2)35-22(30-20)31-21(33)16-10-29-19(24)11-28-16/h6-7,9-11,13H,3-5,8,12H2,1-2H3,(H,30,31,33)/t13-/m1/s1. The Balaban J connectivity index is 1.71. The van der Waals surface area contributed by atoms with Gasteiger partial charge in [-0.25, -0.2) is 15.0 Å². The zero-order valence-electron chi connectivity index (χ0n) is 19.0. The fourth-order valence-corrected chi connectivity index (χ4v) is 5.02. The van der Waals surface area contributed by atoms with Crippen LogP contribution in [-0.2, 0) is 12.7 Å². The van der Waals surface area contributed by atoms with Gasteiger partial charge in [0.15, 0.2) is 5.13 Å². The van der Waals surface area contributed by atoms with E-state index in [0.717, 1.165) is 30.3 Å². The molecule has 1 aromatic carbocycles. The third-order valence-corrected chi connectivity index (χ3v) is 6.82. The molecule has 0 bridgehead atoms. The summed E-state index contributed by atoms with van der Waals surface area (Å²) in [5.74, 6) is -0.776. The fourth-order valence-electron chi connectivity index (χ4n) is 3.92. The van der Waals surface area contributed by atoms with Crippen LogP contribution in [0.2, 0.25) is 5.15 Å². The maximum Gasteiger partial charge on any atom is 0.419 e. The van der Waals surface area contributed by atoms with Crippen LogP contribution in [0.4, 0.5) is 18.3 Å². The Morgan fingerprint density at radius 2 is 2.11 bits per heavy atom. The van der Waals surface area contributed by atoms with Crippen molar-refractivity contribution in [1.29, 1.82) is 0 Å². The Morgan fingerprint density at radius 1 is 1.31 bits per heavy atom. The van der Waals surface area contributed by atoms with Gasteiger partial charge >= 0.3 is 6.18 Å². The molecule has 1 N–H and O–H groups in total. The molecule has 4 rings (SSSR count). The number of nitrogens with zero attached hydrogens (tertiary/aromatic N) is 4. The molecule has 1 saturated heterocycles. The molecule has 2 aromatic heterocycles. The van der Waals surface area contributed by atoms with Crippen molar-refractivity contribution in [3.05, 3.63) is 51.9 Å². The van der Waals surface area contributed by atoms with E-state index in [1.807, 2.05) is 0 Å². The van der Waals surface area contributed by atoms with Crippen molar-refractivity contribution in [3.63, 3.8) is 0 Å². The Bertz CT molecular complexity index is 1200. The molecule has 35 heavy (non-hydrogen) atoms. The second kappa shape index (κ2) is 10.5. The van der Waals surface area contributed by atoms with Crippen LogP contribution in [0, 0.1) is 0 Å². The average molecular weight is 526 g/mol. The summed E-state index contributed by atoms with van der Waals surface area (Å²) in [6, 6.07) is 4.26. The fraction of sp³-hybridized carbons (Fsp3) is 0.391. The Labute approximate surface area is 209 Å². The van der Waals surface area contributed by atoms with E-state index in [1.54, 1.807) is 13.0 Å². The lowest BCUT2D eigenvalue weighted by Gasteiger charge is -2.20. The van der Waals surface area contributed by atoms with Crippen molar-refractivity contribution in [2.75, 3.05) is 18.5 Å². The van der Waals surface area contributed by atoms with E-state index in [-0.39, 0.29) is 28.3 Å². The number of halogens is 4. The van der Waals surface area contributed by atoms with Crippen LogP contribution in [-0.4, -0.2) is 45.0 Å². The van der Waals surface area contributed by atoms with Gasteiger partial charge in [0.2, 0.25) is 0 Å². The van der Waals surface area contributed by atoms with Gasteiger partial charge < -0.3 is 4.74 Å². The normalized spacial score (nSPS) is 16.5. The maximum absolute atomic E-state index is 13.8. The van der Waals surface area contributed by atoms with Crippen LogP contribution in [0.15, 0.2) is 30.6 Å². The van der Waals surface area contributed by atoms with Gasteiger partial charge in [-0.1, -0.05) is 22.9 Å². The summed E-state index contributed by atoms with van der Waals surface area (Å²) in [6.45, 7) is 5.26. The molecule has 0 saturated carbocycles. The van der Waals surface area contributed by atoms with Crippen LogP contribution in [0.25, 0.3) is 11.3 Å². The molecule has 0 unspecified atom stereocenters. The average Bonchev–Trinajstić information content (AvgIpc) is 3.40. The summed E-state index contributed by atoms with van der Waals surface area (Å²) in [4.78, 5) is 27.9. The predicted octanol–water partition coefficient (Wildman–Crippen LogP) is 5.91. The SMILES string of the molecule is CCOc1ccc(-c2nc(NC(=O)c3cnc(Cl)cn3)sc2CN2CCC[C@H]2C)cc1C(F)(F)F. The number of carbonyl (C=O) groups is 1. The Morgan fingerprint density at radius 3 is 2.74 bits per heavy atom. The quantitative estimate of drug-likeness (QED) is 0.413. The number of alkyl halides is 3. The second-order valence-electron chi connectivity index (χ2n) is 8.07. The molecule has 0 spiro atoms. The molecule has 1 atom stereocenters. The van der Waals surface area contributed by atoms with Gasteiger partial charge in [0, 0.05) is 23.0 Å². The highest BCUT2D eigenvalue weighted by atomic mass is 35.5. The van der Waals surface area contributed by atoms with Gasteiger partial charge in [0.05, 0.1) is 30.3 Å². The highest BCUT2D eigenvalue weighted by Gasteiger charge is 2.35. The minimum Gasteiger partial charge on any atom is -0.493 e. The van der Waals surface area contributed by atoms with E-state index in [1.165, 1.54) is 29.8 Å². The number of likely N-dealkylation sites (tertiary alicyclic amines) is 1. The van der Waals surface area contributed by atoms with Crippen molar-refractivity contribution in [3.8, 4) is 17.0 Å². The van der Waals surface area contributed by atoms with E-state index in [2.05, 4.69) is 32.1 Å². The zero-order valence-corrected chi connectivity index (χ0v) is 20.6. The lowest BCUT2D eigenvalue weighted by atomic mass is 10.1. The lowest BCUT2D eigenvalue weighted by Crippen LogP contribution is -2.25. The zero-order chi connectivity index (χ0) is 25.2. The summed E-state index contributed by atoms with van der Waals surface area (Å²) in [7, 11) is 0. The first kappa shape index (κ1) is 25.3. The van der Waals surface area contributed by atoms with Crippen molar-refractivity contribution < 1.29 is 22.7 Å². The minimum atomic E-state index is -4.59. The molecular weight excluding hydrogens is 503 g/mol. The predicted molar refractivity (Wildman–Crippen MR) is 128 cm³/mol. The van der Waals surface area contributed by atoms with Crippen LogP contribution < -0.4 is 10.1 Å². The first-order valence-electron chi connectivity index (χ1n) is 11.0. The number of benzene rings is 1. The second-order valence-corrected chi connectivity index (χ2v) is 9.54. The molecule has 0 aliphatic carbocycles. The smallest absolute Gasteiger partial charge is 0.419 e. The van der Waals surface area contributed by atoms with E-state index in [4.69, 9.17) is 16.3 Å². The minimum absolute atomic E-state index is 0.0429. The number of amides is 1. The third-order valence-electron chi connectivity index (χ3n) is 5.67. The molecule has 3 heterocycles. The molecule has 3 aromatic rings. The largest absolute Gasteiger partial charge is 0.493 e. The van der Waals surface area contributed by atoms with Gasteiger partial charge in [-0.15, -0.1) is 0 Å². The van der Waals surface area contributed by atoms with Gasteiger partial charge in [0.25, 0.3) is 5.91 Å². The van der Waals surface area contributed by atoms with E-state index in [9.17, 15) is 18.0 Å². The molecule has 1 aliphatic rings. The number of hydrogen-bond donors (Lipinski definition) is 1. The summed E-state index contributed by atoms with van der Waals surface area (Å²) in [5, 5.41) is 3.08. The van der Waals surface area contributed by atoms with E-state index < -0.39 is 17.6 Å². The van der Waals surface area contributed by atoms with Crippen molar-refractivity contribution in [2.45, 2.75) is 45.5 Å². The molecule has 7 nitrogen and oxygen atoms in total. The number of aromatic nitrogens is 3. The van der Waals surface area contributed by atoms with Crippen LogP contribution in [0.1, 0.15) is 47.6 Å². The summed E-state index contributed by atoms with van der Waals surface area (Å²) in [5.41, 5.74) is -0.139. The number of carbonyl (C=O) groups excluding carboxylic acids is 1. The highest BCUT2D eigenvalue weighted by Crippen LogP contribution is 2.41. The molecular formula is C23H23ClF3N5O2S. The number of anilines is 1. The molecule has 186 valence electrons. The van der Waals surface area contributed by atoms with E-state index >= 15 is 0 Å². The van der Waals surface area contributed by atoms with Gasteiger partial charge in [-0.05, 0) is 51.4 Å². The number of ether oxygens (including phenoxy) is 1. The summed E-state index contributed by atoms with van der Waals surface area (Å²) >= 11 is 6.95. The van der Waals surface area contributed by atoms with Gasteiger partial charge in [-0.3, -0.25) is 15.0 Å². The number of thiazole rings is 1. The molecule has 1 amide bonds. The number of nitrogens with one attached hydrogen (secondary N) is 1. The number of rotatable bonds is 7. The topological polar surface area (TPSA) is 80.2 Å². The van der Waals surface area contributed by atoms with Crippen LogP contribution in [0.5, 0.6) is 5.75 Å². The lowest BCUT2D eigenvalue weighted by molar-refractivity contribution is -0.138. The number of hydrogen-bond acceptors (Lipinski definition) is 7. The summed E-state index contributed by atoms with van der Waals surface area (Å²) < 4.78 is 46.5. The van der Waals surface area contributed by atoms with Crippen molar-refractivity contribution in [1.82, 2.24) is 19.9 Å². The van der Waals surface area contributed by atoms with Crippen LogP contribution >= 0.6 is 22.9 Å². The first-order chi connectivity index (χ1) is 16.7. The Hall–Kier alpha value is -2.76. The van der Waals surface area contributed by atoms with Crippen LogP contribution in [0.3, 0.4) is 0 Å². The van der Waals surface area contributed by atoms with Gasteiger partial charge in [0.1, 0.15) is 16.6 Å². The molecule has 1 aliphatic heterocycles. The van der Waals surface area contributed by atoms with E-state index in [0.29, 0.717) is 23.8 Å². The molecule has 12 heteroatoms. The molecule has 0 radical (unpaired) electrons. The third kappa shape index (κ3) is 5.91. The van der Waals surface area contributed by atoms with Crippen molar-refractivity contribution in [2.24, 2.45) is 0 Å². The highest BCUT2D eigenvalue weighted by molar-refractivity contribution is 7.16. The Kier molecular flexibility index (Phi) is 7.58. The maximum atomic E-state index is 13.8. The van der Waals surface area contributed by atoms with Crippen molar-refractivity contribution >= 4 is 34.0 Å². The molecule has 1 fully saturated rings. The monoisotopic (exact) mass is 525 g/mol.